The molecule has 9 nitrogen and oxygen atoms in total. The van der Waals surface area contributed by atoms with E-state index in [2.05, 4.69) is 21.2 Å². The van der Waals surface area contributed by atoms with Gasteiger partial charge in [-0.2, -0.15) is 5.10 Å². The van der Waals surface area contributed by atoms with Crippen molar-refractivity contribution in [2.75, 3.05) is 23.8 Å². The van der Waals surface area contributed by atoms with Gasteiger partial charge in [0.1, 0.15) is 0 Å². The summed E-state index contributed by atoms with van der Waals surface area (Å²) in [4.78, 5) is 36.4. The van der Waals surface area contributed by atoms with E-state index >= 15 is 0 Å². The fourth-order valence-corrected chi connectivity index (χ4v) is 4.10. The number of amides is 3. The fraction of sp³-hybridized carbons (Fsp3) is 0.120. The maximum Gasteiger partial charge on any atom is 0.329 e. The van der Waals surface area contributed by atoms with Crippen LogP contribution in [0.3, 0.4) is 0 Å². The van der Waals surface area contributed by atoms with Gasteiger partial charge in [0.15, 0.2) is 18.1 Å². The minimum atomic E-state index is -0.957. The van der Waals surface area contributed by atoms with Gasteiger partial charge in [0, 0.05) is 21.4 Å². The summed E-state index contributed by atoms with van der Waals surface area (Å²) >= 11 is 13.9. The van der Waals surface area contributed by atoms with Crippen LogP contribution < -0.4 is 25.5 Å². The van der Waals surface area contributed by atoms with E-state index in [1.807, 2.05) is 29.5 Å². The molecule has 3 amide bonds. The maximum absolute atomic E-state index is 12.3. The Morgan fingerprint density at radius 3 is 2.19 bits per heavy atom. The van der Waals surface area contributed by atoms with Gasteiger partial charge in [-0.3, -0.25) is 14.4 Å². The van der Waals surface area contributed by atoms with Gasteiger partial charge in [-0.25, -0.2) is 5.43 Å². The van der Waals surface area contributed by atoms with Gasteiger partial charge in [-0.1, -0.05) is 35.3 Å². The molecule has 3 N–H and O–H groups in total. The highest BCUT2D eigenvalue weighted by molar-refractivity contribution is 14.1. The van der Waals surface area contributed by atoms with E-state index in [-0.39, 0.29) is 12.5 Å². The number of carbonyl (C=O) groups excluding carboxylic acids is 3. The summed E-state index contributed by atoms with van der Waals surface area (Å²) in [6.45, 7) is 1.90. The molecule has 0 radical (unpaired) electrons. The van der Waals surface area contributed by atoms with E-state index in [4.69, 9.17) is 32.7 Å². The molecule has 3 aromatic carbocycles. The molecule has 0 saturated heterocycles. The number of benzene rings is 3. The van der Waals surface area contributed by atoms with Gasteiger partial charge in [0.25, 0.3) is 5.91 Å². The molecule has 0 fully saturated rings. The lowest BCUT2D eigenvalue weighted by Gasteiger charge is -2.14. The molecule has 0 aromatic heterocycles. The van der Waals surface area contributed by atoms with Crippen molar-refractivity contribution >= 4 is 81.1 Å². The van der Waals surface area contributed by atoms with Gasteiger partial charge in [0.2, 0.25) is 0 Å². The second-order valence-electron chi connectivity index (χ2n) is 7.27. The Hall–Kier alpha value is -3.35. The molecule has 0 heterocycles. The first-order valence-corrected chi connectivity index (χ1v) is 12.6. The largest absolute Gasteiger partial charge is 0.490 e. The molecule has 0 aliphatic carbocycles. The Morgan fingerprint density at radius 1 is 0.919 bits per heavy atom. The van der Waals surface area contributed by atoms with Crippen molar-refractivity contribution in [1.29, 1.82) is 0 Å². The molecule has 3 aromatic rings. The number of hydrazone groups is 1. The van der Waals surface area contributed by atoms with E-state index in [1.54, 1.807) is 54.6 Å². The van der Waals surface area contributed by atoms with Gasteiger partial charge in [-0.05, 0) is 83.6 Å². The summed E-state index contributed by atoms with van der Waals surface area (Å²) in [7, 11) is 0. The van der Waals surface area contributed by atoms with E-state index < -0.39 is 11.8 Å². The summed E-state index contributed by atoms with van der Waals surface area (Å²) in [6, 6.07) is 16.5. The van der Waals surface area contributed by atoms with E-state index in [0.717, 1.165) is 0 Å². The minimum absolute atomic E-state index is 0.256. The Balaban J connectivity index is 1.61. The molecule has 3 rings (SSSR count). The Morgan fingerprint density at radius 2 is 1.57 bits per heavy atom. The van der Waals surface area contributed by atoms with Crippen LogP contribution in [0, 0.1) is 3.57 Å². The molecule has 0 saturated carbocycles. The minimum Gasteiger partial charge on any atom is -0.490 e. The van der Waals surface area contributed by atoms with Crippen LogP contribution in [0.2, 0.25) is 10.0 Å². The zero-order chi connectivity index (χ0) is 26.8. The van der Waals surface area contributed by atoms with Crippen molar-refractivity contribution in [3.63, 3.8) is 0 Å². The average molecular weight is 655 g/mol. The maximum atomic E-state index is 12.3. The SMILES string of the molecule is CCOc1cc(/C=N\NC(=O)C(=O)Nc2cccc(Cl)c2)cc(I)c1OCC(=O)Nc1cccc(Cl)c1. The van der Waals surface area contributed by atoms with Crippen LogP contribution in [0.15, 0.2) is 65.8 Å². The topological polar surface area (TPSA) is 118 Å². The molecule has 0 aliphatic heterocycles. The number of hydrogen-bond acceptors (Lipinski definition) is 6. The molecule has 12 heteroatoms. The fourth-order valence-electron chi connectivity index (χ4n) is 2.94. The van der Waals surface area contributed by atoms with Crippen LogP contribution in [0.25, 0.3) is 0 Å². The molecule has 192 valence electrons. The predicted octanol–water partition coefficient (Wildman–Crippen LogP) is 5.10. The Labute approximate surface area is 236 Å². The average Bonchev–Trinajstić information content (AvgIpc) is 2.83. The number of anilines is 2. The summed E-state index contributed by atoms with van der Waals surface area (Å²) in [6.07, 6.45) is 1.35. The standard InChI is InChI=1S/C25H21Cl2IN4O5/c1-2-36-21-10-15(13-29-32-25(35)24(34)31-19-8-4-6-17(27)12-19)9-20(28)23(21)37-14-22(33)30-18-7-3-5-16(26)11-18/h3-13H,2,14H2,1H3,(H,30,33)(H,31,34)(H,32,35)/b29-13-. The third-order valence-corrected chi connectivity index (χ3v) is 5.73. The molecular formula is C25H21Cl2IN4O5. The molecule has 0 bridgehead atoms. The third kappa shape index (κ3) is 8.92. The molecule has 0 atom stereocenters. The lowest BCUT2D eigenvalue weighted by Crippen LogP contribution is -2.32. The van der Waals surface area contributed by atoms with Crippen molar-refractivity contribution < 1.29 is 23.9 Å². The van der Waals surface area contributed by atoms with Crippen LogP contribution >= 0.6 is 45.8 Å². The van der Waals surface area contributed by atoms with Crippen LogP contribution in [0.1, 0.15) is 12.5 Å². The van der Waals surface area contributed by atoms with Gasteiger partial charge >= 0.3 is 11.8 Å². The zero-order valence-electron chi connectivity index (χ0n) is 19.4. The lowest BCUT2D eigenvalue weighted by molar-refractivity contribution is -0.136. The lowest BCUT2D eigenvalue weighted by atomic mass is 10.2. The van der Waals surface area contributed by atoms with Crippen LogP contribution in [0.5, 0.6) is 11.5 Å². The van der Waals surface area contributed by atoms with Crippen molar-refractivity contribution in [2.24, 2.45) is 5.10 Å². The van der Waals surface area contributed by atoms with Crippen molar-refractivity contribution in [3.8, 4) is 11.5 Å². The van der Waals surface area contributed by atoms with E-state index in [1.165, 1.54) is 12.3 Å². The Bertz CT molecular complexity index is 1340. The van der Waals surface area contributed by atoms with Gasteiger partial charge in [-0.15, -0.1) is 0 Å². The summed E-state index contributed by atoms with van der Waals surface area (Å²) in [5, 5.41) is 9.90. The van der Waals surface area contributed by atoms with E-state index in [9.17, 15) is 14.4 Å². The van der Waals surface area contributed by atoms with Crippen molar-refractivity contribution in [2.45, 2.75) is 6.92 Å². The van der Waals surface area contributed by atoms with Crippen molar-refractivity contribution in [1.82, 2.24) is 5.43 Å². The summed E-state index contributed by atoms with van der Waals surface area (Å²) < 4.78 is 12.0. The first kappa shape index (κ1) is 28.2. The predicted molar refractivity (Wildman–Crippen MR) is 152 cm³/mol. The number of nitrogens with zero attached hydrogens (tertiary/aromatic N) is 1. The van der Waals surface area contributed by atoms with Crippen LogP contribution in [-0.4, -0.2) is 37.1 Å². The smallest absolute Gasteiger partial charge is 0.329 e. The third-order valence-electron chi connectivity index (χ3n) is 4.46. The number of nitrogens with one attached hydrogen (secondary N) is 3. The number of halogens is 3. The van der Waals surface area contributed by atoms with E-state index in [0.29, 0.717) is 48.7 Å². The van der Waals surface area contributed by atoms with Gasteiger partial charge in [0.05, 0.1) is 16.4 Å². The number of hydrogen-bond donors (Lipinski definition) is 3. The second-order valence-corrected chi connectivity index (χ2v) is 9.31. The monoisotopic (exact) mass is 654 g/mol. The first-order valence-electron chi connectivity index (χ1n) is 10.8. The van der Waals surface area contributed by atoms with Gasteiger partial charge < -0.3 is 20.1 Å². The first-order chi connectivity index (χ1) is 17.7. The normalized spacial score (nSPS) is 10.6. The second kappa shape index (κ2) is 13.8. The number of carbonyl (C=O) groups is 3. The highest BCUT2D eigenvalue weighted by atomic mass is 127. The number of rotatable bonds is 9. The number of ether oxygens (including phenoxy) is 2. The van der Waals surface area contributed by atoms with Crippen molar-refractivity contribution in [3.05, 3.63) is 79.8 Å². The van der Waals surface area contributed by atoms with Crippen LogP contribution in [0.4, 0.5) is 11.4 Å². The quantitative estimate of drug-likeness (QED) is 0.128. The molecular weight excluding hydrogens is 634 g/mol. The Kier molecular flexibility index (Phi) is 10.5. The molecule has 37 heavy (non-hydrogen) atoms. The molecule has 0 spiro atoms. The molecule has 0 aliphatic rings. The summed E-state index contributed by atoms with van der Waals surface area (Å²) in [5.74, 6) is -1.46. The molecule has 0 unspecified atom stereocenters. The zero-order valence-corrected chi connectivity index (χ0v) is 23.1. The van der Waals surface area contributed by atoms with Crippen LogP contribution in [-0.2, 0) is 14.4 Å². The highest BCUT2D eigenvalue weighted by Gasteiger charge is 2.15. The highest BCUT2D eigenvalue weighted by Crippen LogP contribution is 2.34. The summed E-state index contributed by atoms with van der Waals surface area (Å²) in [5.41, 5.74) is 3.67.